The van der Waals surface area contributed by atoms with Gasteiger partial charge in [0.25, 0.3) is 0 Å². The van der Waals surface area contributed by atoms with Crippen LogP contribution in [0.15, 0.2) is 0 Å². The predicted octanol–water partition coefficient (Wildman–Crippen LogP) is -4.01. The molecule has 0 saturated heterocycles. The third kappa shape index (κ3) is 17.1. The van der Waals surface area contributed by atoms with E-state index in [1.807, 2.05) is 0 Å². The van der Waals surface area contributed by atoms with Crippen LogP contribution >= 0.6 is 0 Å². The Morgan fingerprint density at radius 2 is 1.09 bits per heavy atom. The molecule has 2 amide bonds. The van der Waals surface area contributed by atoms with Crippen molar-refractivity contribution in [2.75, 3.05) is 78.5 Å². The molecule has 0 fully saturated rings. The highest BCUT2D eigenvalue weighted by Crippen LogP contribution is 1.97. The maximum absolute atomic E-state index is 11.9. The number of carbonyl (C=O) groups is 5. The van der Waals surface area contributed by atoms with Gasteiger partial charge in [0.2, 0.25) is 11.8 Å². The van der Waals surface area contributed by atoms with Gasteiger partial charge >= 0.3 is 17.9 Å². The molecule has 0 aromatic rings. The van der Waals surface area contributed by atoms with Crippen molar-refractivity contribution < 1.29 is 39.3 Å². The highest BCUT2D eigenvalue weighted by molar-refractivity contribution is 5.81. The minimum absolute atomic E-state index is 0.00313. The second-order valence-corrected chi connectivity index (χ2v) is 7.03. The van der Waals surface area contributed by atoms with E-state index in [9.17, 15) is 29.1 Å². The molecule has 0 aromatic heterocycles. The van der Waals surface area contributed by atoms with Gasteiger partial charge < -0.3 is 37.1 Å². The Labute approximate surface area is 191 Å². The Morgan fingerprint density at radius 3 is 1.48 bits per heavy atom. The van der Waals surface area contributed by atoms with Gasteiger partial charge in [0.05, 0.1) is 39.3 Å². The SMILES string of the molecule is N=CCNC(=O)CN(CCN(CCN(CC(=O)O)CC(=O)NCCN)CC(=O)O)CC(=O)O. The van der Waals surface area contributed by atoms with Crippen LogP contribution in [0.5, 0.6) is 0 Å². The zero-order chi connectivity index (χ0) is 25.2. The molecular weight excluding hydrogens is 442 g/mol. The number of carboxylic acids is 3. The van der Waals surface area contributed by atoms with Crippen molar-refractivity contribution in [2.45, 2.75) is 0 Å². The number of nitrogens with one attached hydrogen (secondary N) is 3. The highest BCUT2D eigenvalue weighted by Gasteiger charge is 2.19. The number of hydrogen-bond acceptors (Lipinski definition) is 10. The highest BCUT2D eigenvalue weighted by atomic mass is 16.4. The van der Waals surface area contributed by atoms with Crippen LogP contribution in [0.3, 0.4) is 0 Å². The van der Waals surface area contributed by atoms with E-state index >= 15 is 0 Å². The van der Waals surface area contributed by atoms with E-state index in [2.05, 4.69) is 10.6 Å². The largest absolute Gasteiger partial charge is 0.480 e. The van der Waals surface area contributed by atoms with Crippen molar-refractivity contribution in [1.82, 2.24) is 25.3 Å². The van der Waals surface area contributed by atoms with E-state index in [1.54, 1.807) is 0 Å². The molecule has 0 spiro atoms. The lowest BCUT2D eigenvalue weighted by Crippen LogP contribution is -2.47. The molecule has 33 heavy (non-hydrogen) atoms. The fourth-order valence-corrected chi connectivity index (χ4v) is 2.73. The molecule has 188 valence electrons. The van der Waals surface area contributed by atoms with Gasteiger partial charge in [-0.1, -0.05) is 0 Å². The molecule has 15 nitrogen and oxygen atoms in total. The zero-order valence-corrected chi connectivity index (χ0v) is 18.4. The van der Waals surface area contributed by atoms with Crippen molar-refractivity contribution >= 4 is 35.9 Å². The van der Waals surface area contributed by atoms with Gasteiger partial charge in [-0.25, -0.2) is 0 Å². The number of hydrogen-bond donors (Lipinski definition) is 7. The number of nitrogens with two attached hydrogens (primary N) is 1. The number of nitrogens with zero attached hydrogens (tertiary/aromatic N) is 3. The molecule has 0 unspecified atom stereocenters. The summed E-state index contributed by atoms with van der Waals surface area (Å²) in [6.07, 6.45) is 0.979. The normalized spacial score (nSPS) is 10.9. The monoisotopic (exact) mass is 475 g/mol. The molecule has 0 radical (unpaired) electrons. The Morgan fingerprint density at radius 1 is 0.697 bits per heavy atom. The summed E-state index contributed by atoms with van der Waals surface area (Å²) in [5, 5.41) is 39.2. The first-order chi connectivity index (χ1) is 15.6. The molecule has 15 heteroatoms. The lowest BCUT2D eigenvalue weighted by atomic mass is 10.3. The Hall–Kier alpha value is -3.14. The van der Waals surface area contributed by atoms with Crippen molar-refractivity contribution in [3.05, 3.63) is 0 Å². The van der Waals surface area contributed by atoms with Gasteiger partial charge in [-0.05, 0) is 0 Å². The van der Waals surface area contributed by atoms with E-state index in [0.29, 0.717) is 0 Å². The van der Waals surface area contributed by atoms with E-state index in [-0.39, 0.29) is 58.9 Å². The molecule has 0 heterocycles. The van der Waals surface area contributed by atoms with Gasteiger partial charge in [0.1, 0.15) is 0 Å². The smallest absolute Gasteiger partial charge is 0.317 e. The van der Waals surface area contributed by atoms with Crippen LogP contribution in [-0.2, 0) is 24.0 Å². The summed E-state index contributed by atoms with van der Waals surface area (Å²) in [6, 6.07) is 0. The lowest BCUT2D eigenvalue weighted by Gasteiger charge is -2.28. The predicted molar refractivity (Wildman–Crippen MR) is 116 cm³/mol. The Kier molecular flexibility index (Phi) is 15.8. The lowest BCUT2D eigenvalue weighted by molar-refractivity contribution is -0.141. The van der Waals surface area contributed by atoms with Gasteiger partial charge in [-0.2, -0.15) is 0 Å². The van der Waals surface area contributed by atoms with Crippen LogP contribution in [-0.4, -0.2) is 144 Å². The third-order valence-corrected chi connectivity index (χ3v) is 4.14. The molecule has 0 bridgehead atoms. The second-order valence-electron chi connectivity index (χ2n) is 7.03. The second kappa shape index (κ2) is 17.4. The molecule has 0 aliphatic rings. The van der Waals surface area contributed by atoms with Crippen LogP contribution in [0, 0.1) is 5.41 Å². The fourth-order valence-electron chi connectivity index (χ4n) is 2.73. The zero-order valence-electron chi connectivity index (χ0n) is 18.4. The fraction of sp³-hybridized carbons (Fsp3) is 0.667. The van der Waals surface area contributed by atoms with E-state index in [1.165, 1.54) is 14.7 Å². The number of amides is 2. The van der Waals surface area contributed by atoms with Crippen LogP contribution in [0.2, 0.25) is 0 Å². The maximum Gasteiger partial charge on any atom is 0.317 e. The molecule has 0 aromatic carbocycles. The quantitative estimate of drug-likeness (QED) is 0.0835. The third-order valence-electron chi connectivity index (χ3n) is 4.14. The average Bonchev–Trinajstić information content (AvgIpc) is 2.71. The maximum atomic E-state index is 11.9. The van der Waals surface area contributed by atoms with E-state index in [4.69, 9.17) is 21.4 Å². The number of carboxylic acid groups (broad SMARTS) is 3. The van der Waals surface area contributed by atoms with E-state index < -0.39 is 49.4 Å². The Balaban J connectivity index is 5.03. The average molecular weight is 476 g/mol. The minimum atomic E-state index is -1.17. The summed E-state index contributed by atoms with van der Waals surface area (Å²) in [5.41, 5.74) is 5.31. The molecular formula is C18H33N7O8. The van der Waals surface area contributed by atoms with Crippen molar-refractivity contribution in [3.8, 4) is 0 Å². The van der Waals surface area contributed by atoms with Gasteiger partial charge in [-0.3, -0.25) is 38.7 Å². The molecule has 8 N–H and O–H groups in total. The number of aliphatic carboxylic acids is 3. The van der Waals surface area contributed by atoms with Crippen LogP contribution in [0.4, 0.5) is 0 Å². The molecule has 0 rings (SSSR count). The van der Waals surface area contributed by atoms with Crippen molar-refractivity contribution in [3.63, 3.8) is 0 Å². The van der Waals surface area contributed by atoms with Crippen LogP contribution in [0.1, 0.15) is 0 Å². The molecule has 0 saturated carbocycles. The van der Waals surface area contributed by atoms with Crippen LogP contribution < -0.4 is 16.4 Å². The first-order valence-electron chi connectivity index (χ1n) is 10.1. The summed E-state index contributed by atoms with van der Waals surface area (Å²) >= 11 is 0. The van der Waals surface area contributed by atoms with Gasteiger partial charge in [0, 0.05) is 45.5 Å². The first-order valence-corrected chi connectivity index (χ1v) is 10.1. The van der Waals surface area contributed by atoms with Gasteiger partial charge in [-0.15, -0.1) is 0 Å². The van der Waals surface area contributed by atoms with Crippen LogP contribution in [0.25, 0.3) is 0 Å². The summed E-state index contributed by atoms with van der Waals surface area (Å²) in [6.45, 7) is -1.02. The summed E-state index contributed by atoms with van der Waals surface area (Å²) in [4.78, 5) is 61.3. The van der Waals surface area contributed by atoms with Crippen molar-refractivity contribution in [2.24, 2.45) is 5.73 Å². The number of carbonyl (C=O) groups excluding carboxylic acids is 2. The topological polar surface area (TPSA) is 230 Å². The molecule has 0 atom stereocenters. The number of rotatable bonds is 20. The van der Waals surface area contributed by atoms with Crippen molar-refractivity contribution in [1.29, 1.82) is 5.41 Å². The first kappa shape index (κ1) is 29.9. The van der Waals surface area contributed by atoms with E-state index in [0.717, 1.165) is 6.21 Å². The standard InChI is InChI=1S/C18H33N7O8/c19-1-3-21-14(26)9-24(12-17(30)31)7-5-23(11-16(28)29)6-8-25(13-18(32)33)10-15(27)22-4-2-20/h1,19H,2-13,20H2,(H,21,26)(H,22,27)(H,28,29)(H,30,31)(H,32,33). The minimum Gasteiger partial charge on any atom is -0.480 e. The molecule has 0 aliphatic carbocycles. The summed E-state index contributed by atoms with van der Waals surface area (Å²) < 4.78 is 0. The van der Waals surface area contributed by atoms with Gasteiger partial charge in [0.15, 0.2) is 0 Å². The summed E-state index contributed by atoms with van der Waals surface area (Å²) in [7, 11) is 0. The Bertz CT molecular complexity index is 676. The summed E-state index contributed by atoms with van der Waals surface area (Å²) in [5.74, 6) is -4.38. The molecule has 0 aliphatic heterocycles.